The van der Waals surface area contributed by atoms with Crippen LogP contribution in [0.2, 0.25) is 0 Å². The zero-order chi connectivity index (χ0) is 11.5. The summed E-state index contributed by atoms with van der Waals surface area (Å²) in [6.07, 6.45) is 3.19. The van der Waals surface area contributed by atoms with Gasteiger partial charge in [0.05, 0.1) is 18.6 Å². The van der Waals surface area contributed by atoms with Crippen LogP contribution in [-0.2, 0) is 13.2 Å². The maximum atomic E-state index is 12.9. The molecule has 16 heavy (non-hydrogen) atoms. The molecule has 0 atom stereocenters. The van der Waals surface area contributed by atoms with Gasteiger partial charge >= 0.3 is 0 Å². The fraction of sp³-hybridized carbons (Fsp3) is 0.182. The predicted octanol–water partition coefficient (Wildman–Crippen LogP) is 1.70. The Hall–Kier alpha value is -1.75. The summed E-state index contributed by atoms with van der Waals surface area (Å²) in [6, 6.07) is 3.75. The van der Waals surface area contributed by atoms with E-state index in [0.717, 1.165) is 12.1 Å². The van der Waals surface area contributed by atoms with Crippen LogP contribution in [0.1, 0.15) is 11.3 Å². The molecule has 1 N–H and O–H groups in total. The number of rotatable bonds is 3. The molecule has 0 spiro atoms. The van der Waals surface area contributed by atoms with Crippen molar-refractivity contribution in [2.24, 2.45) is 0 Å². The Morgan fingerprint density at radius 1 is 1.25 bits per heavy atom. The van der Waals surface area contributed by atoms with Crippen LogP contribution in [0.3, 0.4) is 0 Å². The minimum Gasteiger partial charge on any atom is -0.390 e. The van der Waals surface area contributed by atoms with Crippen LogP contribution in [0.4, 0.5) is 8.78 Å². The number of hydrogen-bond donors (Lipinski definition) is 1. The van der Waals surface area contributed by atoms with Crippen LogP contribution in [0.15, 0.2) is 30.7 Å². The predicted molar refractivity (Wildman–Crippen MR) is 53.6 cm³/mol. The fourth-order valence-corrected chi connectivity index (χ4v) is 1.42. The molecule has 84 valence electrons. The zero-order valence-electron chi connectivity index (χ0n) is 8.40. The number of aliphatic hydroxyl groups is 1. The van der Waals surface area contributed by atoms with Crippen molar-refractivity contribution >= 4 is 0 Å². The van der Waals surface area contributed by atoms with E-state index < -0.39 is 11.6 Å². The second kappa shape index (κ2) is 4.40. The second-order valence-electron chi connectivity index (χ2n) is 3.44. The van der Waals surface area contributed by atoms with Crippen LogP contribution in [0.5, 0.6) is 0 Å². The molecule has 0 amide bonds. The van der Waals surface area contributed by atoms with Gasteiger partial charge in [-0.1, -0.05) is 6.07 Å². The molecule has 1 aromatic carbocycles. The summed E-state index contributed by atoms with van der Waals surface area (Å²) in [7, 11) is 0. The van der Waals surface area contributed by atoms with E-state index in [0.29, 0.717) is 17.8 Å². The van der Waals surface area contributed by atoms with Crippen LogP contribution in [0, 0.1) is 11.6 Å². The van der Waals surface area contributed by atoms with E-state index >= 15 is 0 Å². The van der Waals surface area contributed by atoms with E-state index in [1.165, 1.54) is 12.4 Å². The van der Waals surface area contributed by atoms with Gasteiger partial charge in [0.2, 0.25) is 0 Å². The maximum Gasteiger partial charge on any atom is 0.159 e. The number of benzene rings is 1. The number of halogens is 2. The molecule has 2 aromatic rings. The number of imidazole rings is 1. The molecule has 0 bridgehead atoms. The van der Waals surface area contributed by atoms with E-state index in [-0.39, 0.29) is 6.61 Å². The summed E-state index contributed by atoms with van der Waals surface area (Å²) < 4.78 is 27.3. The average molecular weight is 224 g/mol. The Balaban J connectivity index is 2.17. The molecule has 1 aromatic heterocycles. The summed E-state index contributed by atoms with van der Waals surface area (Å²) >= 11 is 0. The zero-order valence-corrected chi connectivity index (χ0v) is 8.40. The van der Waals surface area contributed by atoms with Gasteiger partial charge in [0, 0.05) is 12.7 Å². The minimum atomic E-state index is -0.861. The van der Waals surface area contributed by atoms with Crippen molar-refractivity contribution in [1.29, 1.82) is 0 Å². The van der Waals surface area contributed by atoms with Gasteiger partial charge in [0.25, 0.3) is 0 Å². The summed E-state index contributed by atoms with van der Waals surface area (Å²) in [6.45, 7) is 0.259. The Bertz CT molecular complexity index is 496. The minimum absolute atomic E-state index is 0.134. The third-order valence-corrected chi connectivity index (χ3v) is 2.20. The highest BCUT2D eigenvalue weighted by atomic mass is 19.2. The van der Waals surface area contributed by atoms with Crippen molar-refractivity contribution in [3.05, 3.63) is 53.6 Å². The molecular weight excluding hydrogens is 214 g/mol. The highest BCUT2D eigenvalue weighted by Crippen LogP contribution is 2.10. The first kappa shape index (κ1) is 10.8. The van der Waals surface area contributed by atoms with Gasteiger partial charge in [-0.05, 0) is 17.7 Å². The molecule has 1 heterocycles. The van der Waals surface area contributed by atoms with Gasteiger partial charge in [0.1, 0.15) is 0 Å². The summed E-state index contributed by atoms with van der Waals surface area (Å²) in [5, 5.41) is 8.81. The first-order valence-corrected chi connectivity index (χ1v) is 4.74. The van der Waals surface area contributed by atoms with Crippen LogP contribution >= 0.6 is 0 Å². The fourth-order valence-electron chi connectivity index (χ4n) is 1.42. The summed E-state index contributed by atoms with van der Waals surface area (Å²) in [5.74, 6) is -1.72. The van der Waals surface area contributed by atoms with Crippen molar-refractivity contribution in [1.82, 2.24) is 9.55 Å². The molecular formula is C11H10F2N2O. The van der Waals surface area contributed by atoms with E-state index in [1.54, 1.807) is 10.8 Å². The molecule has 0 fully saturated rings. The first-order valence-electron chi connectivity index (χ1n) is 4.74. The third kappa shape index (κ3) is 2.25. The van der Waals surface area contributed by atoms with Gasteiger partial charge in [-0.2, -0.15) is 0 Å². The van der Waals surface area contributed by atoms with E-state index in [2.05, 4.69) is 4.98 Å². The SMILES string of the molecule is OCc1cn(Cc2ccc(F)c(F)c2)cn1. The van der Waals surface area contributed by atoms with E-state index in [4.69, 9.17) is 5.11 Å². The summed E-state index contributed by atoms with van der Waals surface area (Å²) in [5.41, 5.74) is 1.18. The van der Waals surface area contributed by atoms with Gasteiger partial charge < -0.3 is 9.67 Å². The molecule has 0 aliphatic rings. The number of aromatic nitrogens is 2. The first-order chi connectivity index (χ1) is 7.69. The van der Waals surface area contributed by atoms with Crippen molar-refractivity contribution in [3.8, 4) is 0 Å². The van der Waals surface area contributed by atoms with Crippen molar-refractivity contribution in [2.45, 2.75) is 13.2 Å². The van der Waals surface area contributed by atoms with E-state index in [1.807, 2.05) is 0 Å². The molecule has 3 nitrogen and oxygen atoms in total. The topological polar surface area (TPSA) is 38.0 Å². The van der Waals surface area contributed by atoms with Crippen molar-refractivity contribution in [3.63, 3.8) is 0 Å². The average Bonchev–Trinajstić information content (AvgIpc) is 2.71. The molecule has 0 radical (unpaired) electrons. The Morgan fingerprint density at radius 3 is 2.69 bits per heavy atom. The number of aliphatic hydroxyl groups excluding tert-OH is 1. The lowest BCUT2D eigenvalue weighted by Crippen LogP contribution is -1.98. The summed E-state index contributed by atoms with van der Waals surface area (Å²) in [4.78, 5) is 3.92. The molecule has 0 aliphatic heterocycles. The monoisotopic (exact) mass is 224 g/mol. The third-order valence-electron chi connectivity index (χ3n) is 2.20. The Labute approximate surface area is 91.0 Å². The van der Waals surface area contributed by atoms with Crippen molar-refractivity contribution in [2.75, 3.05) is 0 Å². The lowest BCUT2D eigenvalue weighted by molar-refractivity contribution is 0.277. The maximum absolute atomic E-state index is 12.9. The second-order valence-corrected chi connectivity index (χ2v) is 3.44. The lowest BCUT2D eigenvalue weighted by atomic mass is 10.2. The van der Waals surface area contributed by atoms with Crippen LogP contribution in [-0.4, -0.2) is 14.7 Å². The molecule has 2 rings (SSSR count). The molecule has 0 aliphatic carbocycles. The van der Waals surface area contributed by atoms with Gasteiger partial charge in [-0.25, -0.2) is 13.8 Å². The Morgan fingerprint density at radius 2 is 2.06 bits per heavy atom. The lowest BCUT2D eigenvalue weighted by Gasteiger charge is -2.02. The highest BCUT2D eigenvalue weighted by Gasteiger charge is 2.03. The molecule has 0 saturated heterocycles. The van der Waals surface area contributed by atoms with E-state index in [9.17, 15) is 8.78 Å². The van der Waals surface area contributed by atoms with Gasteiger partial charge in [0.15, 0.2) is 11.6 Å². The van der Waals surface area contributed by atoms with Gasteiger partial charge in [-0.3, -0.25) is 0 Å². The molecule has 0 saturated carbocycles. The van der Waals surface area contributed by atoms with Crippen molar-refractivity contribution < 1.29 is 13.9 Å². The van der Waals surface area contributed by atoms with Crippen LogP contribution in [0.25, 0.3) is 0 Å². The van der Waals surface area contributed by atoms with Crippen LogP contribution < -0.4 is 0 Å². The Kier molecular flexibility index (Phi) is 2.96. The number of nitrogens with zero attached hydrogens (tertiary/aromatic N) is 2. The smallest absolute Gasteiger partial charge is 0.159 e. The standard InChI is InChI=1S/C11H10F2N2O/c12-10-2-1-8(3-11(10)13)4-15-5-9(6-16)14-7-15/h1-3,5,7,16H,4,6H2. The normalized spacial score (nSPS) is 10.7. The largest absolute Gasteiger partial charge is 0.390 e. The molecule has 0 unspecified atom stereocenters. The molecule has 5 heteroatoms. The quantitative estimate of drug-likeness (QED) is 0.861. The van der Waals surface area contributed by atoms with Gasteiger partial charge in [-0.15, -0.1) is 0 Å². The number of hydrogen-bond acceptors (Lipinski definition) is 2. The highest BCUT2D eigenvalue weighted by molar-refractivity contribution is 5.18.